The zero-order valence-electron chi connectivity index (χ0n) is 11.9. The number of aliphatic carboxylic acids is 3. The lowest BCUT2D eigenvalue weighted by Gasteiger charge is -2.07. The second-order valence-corrected chi connectivity index (χ2v) is 5.81. The Balaban J connectivity index is 0. The van der Waals surface area contributed by atoms with Crippen LogP contribution in [0.2, 0.25) is 0 Å². The van der Waals surface area contributed by atoms with Gasteiger partial charge in [-0.2, -0.15) is 24.4 Å². The zero-order valence-corrected chi connectivity index (χ0v) is 13.6. The summed E-state index contributed by atoms with van der Waals surface area (Å²) >= 11 is 5.10. The molecule has 0 aliphatic rings. The second kappa shape index (κ2) is 13.6. The number of hydrogen-bond acceptors (Lipinski definition) is 8. The number of hydrogen-bond donors (Lipinski definition) is 7. The van der Waals surface area contributed by atoms with E-state index in [0.717, 1.165) is 0 Å². The Kier molecular flexibility index (Phi) is 14.4. The van der Waals surface area contributed by atoms with Crippen molar-refractivity contribution in [3.05, 3.63) is 0 Å². The highest BCUT2D eigenvalue weighted by molar-refractivity contribution is 7.99. The van der Waals surface area contributed by atoms with E-state index in [4.69, 9.17) is 32.5 Å². The lowest BCUT2D eigenvalue weighted by Crippen LogP contribution is -2.33. The van der Waals surface area contributed by atoms with E-state index in [1.165, 1.54) is 11.8 Å². The second-order valence-electron chi connectivity index (χ2n) is 4.21. The van der Waals surface area contributed by atoms with Crippen LogP contribution in [0.1, 0.15) is 12.8 Å². The maximum atomic E-state index is 10.3. The monoisotopic (exact) mass is 357 g/mol. The van der Waals surface area contributed by atoms with E-state index in [1.54, 1.807) is 0 Å². The van der Waals surface area contributed by atoms with Gasteiger partial charge in [0.05, 0.1) is 0 Å². The van der Waals surface area contributed by atoms with Crippen LogP contribution in [-0.2, 0) is 14.4 Å². The van der Waals surface area contributed by atoms with Crippen molar-refractivity contribution in [3.63, 3.8) is 0 Å². The van der Waals surface area contributed by atoms with Crippen LogP contribution in [0.5, 0.6) is 0 Å². The molecule has 0 rings (SSSR count). The van der Waals surface area contributed by atoms with Crippen molar-refractivity contribution in [2.75, 3.05) is 17.3 Å². The number of carboxylic acid groups (broad SMARTS) is 3. The van der Waals surface area contributed by atoms with Crippen LogP contribution in [0, 0.1) is 0 Å². The molecular formula is C11H23N3O6S2. The van der Waals surface area contributed by atoms with Gasteiger partial charge in [-0.15, -0.1) is 0 Å². The predicted octanol–water partition coefficient (Wildman–Crippen LogP) is -1.35. The molecule has 0 aliphatic carbocycles. The summed E-state index contributed by atoms with van der Waals surface area (Å²) in [5.41, 5.74) is 15.5. The first-order valence-corrected chi connectivity index (χ1v) is 8.05. The van der Waals surface area contributed by atoms with Gasteiger partial charge in [-0.3, -0.25) is 14.4 Å². The van der Waals surface area contributed by atoms with Crippen LogP contribution in [-0.4, -0.2) is 68.6 Å². The van der Waals surface area contributed by atoms with Crippen LogP contribution in [0.15, 0.2) is 0 Å². The molecule has 9 nitrogen and oxygen atoms in total. The Morgan fingerprint density at radius 1 is 0.864 bits per heavy atom. The molecule has 0 aromatic carbocycles. The smallest absolute Gasteiger partial charge is 0.321 e. The van der Waals surface area contributed by atoms with E-state index in [9.17, 15) is 14.4 Å². The molecule has 0 bridgehead atoms. The summed E-state index contributed by atoms with van der Waals surface area (Å²) in [5.74, 6) is -1.78. The minimum absolute atomic E-state index is 0.266. The molecule has 11 heteroatoms. The van der Waals surface area contributed by atoms with Gasteiger partial charge in [0.2, 0.25) is 0 Å². The molecule has 9 N–H and O–H groups in total. The lowest BCUT2D eigenvalue weighted by atomic mass is 10.2. The van der Waals surface area contributed by atoms with E-state index in [2.05, 4.69) is 12.6 Å². The molecule has 1 unspecified atom stereocenters. The Morgan fingerprint density at radius 2 is 1.27 bits per heavy atom. The van der Waals surface area contributed by atoms with Crippen LogP contribution >= 0.6 is 24.4 Å². The van der Waals surface area contributed by atoms with Gasteiger partial charge in [-0.05, 0) is 24.3 Å². The molecule has 3 atom stereocenters. The molecule has 0 amide bonds. The number of carboxylic acids is 3. The Hall–Kier alpha value is -1.01. The minimum atomic E-state index is -1.06. The highest BCUT2D eigenvalue weighted by Gasteiger charge is 2.13. The summed E-state index contributed by atoms with van der Waals surface area (Å²) in [7, 11) is 0. The first-order valence-electron chi connectivity index (χ1n) is 6.27. The molecule has 0 radical (unpaired) electrons. The number of rotatable bonds is 10. The number of carbonyl (C=O) groups is 3. The average Bonchev–Trinajstić information content (AvgIpc) is 2.43. The molecule has 0 aromatic heterocycles. The molecular weight excluding hydrogens is 334 g/mol. The standard InChI is InChI=1S/C7H14N2O4S.C4H9NO2S/c8-4(6(10)11)1-2-14-3-5(9)7(12)13;5-3(1-2-8)4(6)7/h4-5H,1-3,8-9H2,(H,10,11)(H,12,13);3,8H,1-2,5H2,(H,6,7)/t4-,5-;/m0./s1. The normalized spacial score (nSPS) is 14.2. The summed E-state index contributed by atoms with van der Waals surface area (Å²) in [6, 6.07) is -2.53. The first-order chi connectivity index (χ1) is 10.1. The van der Waals surface area contributed by atoms with Gasteiger partial charge in [0.15, 0.2) is 0 Å². The molecule has 0 saturated heterocycles. The highest BCUT2D eigenvalue weighted by atomic mass is 32.2. The molecule has 0 aliphatic heterocycles. The maximum absolute atomic E-state index is 10.3. The van der Waals surface area contributed by atoms with Gasteiger partial charge in [0.25, 0.3) is 0 Å². The molecule has 130 valence electrons. The largest absolute Gasteiger partial charge is 0.480 e. The summed E-state index contributed by atoms with van der Waals surface area (Å²) < 4.78 is 0. The topological polar surface area (TPSA) is 190 Å². The van der Waals surface area contributed by atoms with E-state index in [-0.39, 0.29) is 5.75 Å². The molecule has 22 heavy (non-hydrogen) atoms. The summed E-state index contributed by atoms with van der Waals surface area (Å²) in [6.45, 7) is 0. The van der Waals surface area contributed by atoms with Crippen molar-refractivity contribution >= 4 is 42.3 Å². The van der Waals surface area contributed by atoms with Gasteiger partial charge in [-0.25, -0.2) is 0 Å². The highest BCUT2D eigenvalue weighted by Crippen LogP contribution is 2.05. The summed E-state index contributed by atoms with van der Waals surface area (Å²) in [5, 5.41) is 25.0. The third-order valence-corrected chi connectivity index (χ3v) is 3.64. The van der Waals surface area contributed by atoms with Crippen LogP contribution in [0.4, 0.5) is 0 Å². The summed E-state index contributed by atoms with van der Waals surface area (Å²) in [4.78, 5) is 30.5. The first kappa shape index (κ1) is 23.3. The van der Waals surface area contributed by atoms with Crippen molar-refractivity contribution in [1.82, 2.24) is 0 Å². The van der Waals surface area contributed by atoms with Crippen molar-refractivity contribution in [1.29, 1.82) is 0 Å². The van der Waals surface area contributed by atoms with Gasteiger partial charge in [-0.1, -0.05) is 0 Å². The fourth-order valence-corrected chi connectivity index (χ4v) is 2.14. The Bertz CT molecular complexity index is 337. The molecule has 0 spiro atoms. The maximum Gasteiger partial charge on any atom is 0.321 e. The Labute approximate surface area is 138 Å². The van der Waals surface area contributed by atoms with Crippen LogP contribution in [0.3, 0.4) is 0 Å². The van der Waals surface area contributed by atoms with Crippen molar-refractivity contribution in [2.45, 2.75) is 31.0 Å². The van der Waals surface area contributed by atoms with E-state index >= 15 is 0 Å². The molecule has 0 fully saturated rings. The zero-order chi connectivity index (χ0) is 17.7. The van der Waals surface area contributed by atoms with Crippen LogP contribution in [0.25, 0.3) is 0 Å². The van der Waals surface area contributed by atoms with Crippen molar-refractivity contribution in [2.24, 2.45) is 17.2 Å². The number of thioether (sulfide) groups is 1. The van der Waals surface area contributed by atoms with E-state index in [0.29, 0.717) is 24.3 Å². The molecule has 0 aromatic rings. The lowest BCUT2D eigenvalue weighted by molar-refractivity contribution is -0.139. The van der Waals surface area contributed by atoms with E-state index < -0.39 is 36.0 Å². The number of thiol groups is 1. The third kappa shape index (κ3) is 13.9. The van der Waals surface area contributed by atoms with Crippen LogP contribution < -0.4 is 17.2 Å². The van der Waals surface area contributed by atoms with Gasteiger partial charge >= 0.3 is 17.9 Å². The molecule has 0 heterocycles. The SMILES string of the molecule is NC(CCS)C(=O)O.N[C@@H](CCSC[C@H](N)C(=O)O)C(=O)O. The summed E-state index contributed by atoms with van der Waals surface area (Å²) in [6.07, 6.45) is 0.741. The van der Waals surface area contributed by atoms with Crippen molar-refractivity contribution in [3.8, 4) is 0 Å². The quantitative estimate of drug-likeness (QED) is 0.182. The minimum Gasteiger partial charge on any atom is -0.480 e. The average molecular weight is 357 g/mol. The molecule has 0 saturated carbocycles. The Morgan fingerprint density at radius 3 is 1.59 bits per heavy atom. The van der Waals surface area contributed by atoms with Gasteiger partial charge < -0.3 is 32.5 Å². The van der Waals surface area contributed by atoms with E-state index in [1.807, 2.05) is 0 Å². The van der Waals surface area contributed by atoms with Gasteiger partial charge in [0.1, 0.15) is 18.1 Å². The fourth-order valence-electron chi connectivity index (χ4n) is 0.878. The fraction of sp³-hybridized carbons (Fsp3) is 0.727. The van der Waals surface area contributed by atoms with Gasteiger partial charge in [0, 0.05) is 5.75 Å². The number of nitrogens with two attached hydrogens (primary N) is 3. The van der Waals surface area contributed by atoms with Crippen molar-refractivity contribution < 1.29 is 29.7 Å². The third-order valence-electron chi connectivity index (χ3n) is 2.26. The predicted molar refractivity (Wildman–Crippen MR) is 87.2 cm³/mol.